The van der Waals surface area contributed by atoms with Crippen molar-refractivity contribution in [1.82, 2.24) is 0 Å². The topological polar surface area (TPSA) is 9.23 Å². The second-order valence-electron chi connectivity index (χ2n) is 5.35. The standard InChI is InChI=1S/C18H18O/c1-18(2,3)19-17-13-11-16(12-14-17)10-9-15-7-5-4-6-8-15/h4-8,11-14H,1-3H3. The lowest BCUT2D eigenvalue weighted by Crippen LogP contribution is -2.22. The minimum absolute atomic E-state index is 0.169. The maximum Gasteiger partial charge on any atom is 0.120 e. The van der Waals surface area contributed by atoms with Crippen molar-refractivity contribution in [3.8, 4) is 17.6 Å². The average molecular weight is 250 g/mol. The van der Waals surface area contributed by atoms with Crippen LogP contribution in [0.5, 0.6) is 5.75 Å². The molecule has 0 aliphatic heterocycles. The van der Waals surface area contributed by atoms with E-state index in [-0.39, 0.29) is 5.60 Å². The molecule has 96 valence electrons. The average Bonchev–Trinajstić information content (AvgIpc) is 2.37. The van der Waals surface area contributed by atoms with Gasteiger partial charge in [-0.2, -0.15) is 0 Å². The van der Waals surface area contributed by atoms with Crippen LogP contribution in [0.4, 0.5) is 0 Å². The number of hydrogen-bond donors (Lipinski definition) is 0. The minimum atomic E-state index is -0.169. The second-order valence-corrected chi connectivity index (χ2v) is 5.35. The van der Waals surface area contributed by atoms with Gasteiger partial charge in [-0.15, -0.1) is 0 Å². The van der Waals surface area contributed by atoms with Gasteiger partial charge in [0.2, 0.25) is 0 Å². The SMILES string of the molecule is CC(C)(C)Oc1ccc(C#Cc2ccccc2)cc1. The number of rotatable bonds is 1. The summed E-state index contributed by atoms with van der Waals surface area (Å²) in [7, 11) is 0. The van der Waals surface area contributed by atoms with E-state index in [2.05, 4.69) is 11.8 Å². The van der Waals surface area contributed by atoms with E-state index >= 15 is 0 Å². The molecule has 1 heteroatoms. The maximum absolute atomic E-state index is 5.77. The molecule has 1 nitrogen and oxygen atoms in total. The lowest BCUT2D eigenvalue weighted by atomic mass is 10.1. The third-order valence-electron chi connectivity index (χ3n) is 2.40. The van der Waals surface area contributed by atoms with Gasteiger partial charge in [-0.25, -0.2) is 0 Å². The first kappa shape index (κ1) is 13.2. The molecule has 2 aromatic rings. The summed E-state index contributed by atoms with van der Waals surface area (Å²) in [6, 6.07) is 17.9. The summed E-state index contributed by atoms with van der Waals surface area (Å²) < 4.78 is 5.77. The van der Waals surface area contributed by atoms with Crippen LogP contribution in [0, 0.1) is 11.8 Å². The Morgan fingerprint density at radius 3 is 1.79 bits per heavy atom. The first-order valence-electron chi connectivity index (χ1n) is 6.39. The van der Waals surface area contributed by atoms with E-state index < -0.39 is 0 Å². The molecule has 0 N–H and O–H groups in total. The third-order valence-corrected chi connectivity index (χ3v) is 2.40. The van der Waals surface area contributed by atoms with Crippen LogP contribution in [0.2, 0.25) is 0 Å². The molecule has 2 aromatic carbocycles. The summed E-state index contributed by atoms with van der Waals surface area (Å²) >= 11 is 0. The van der Waals surface area contributed by atoms with Crippen molar-refractivity contribution in [1.29, 1.82) is 0 Å². The zero-order valence-corrected chi connectivity index (χ0v) is 11.6. The van der Waals surface area contributed by atoms with Gasteiger partial charge < -0.3 is 4.74 Å². The second kappa shape index (κ2) is 5.63. The molecule has 0 saturated heterocycles. The normalized spacial score (nSPS) is 10.5. The molecule has 0 aliphatic carbocycles. The number of ether oxygens (including phenoxy) is 1. The van der Waals surface area contributed by atoms with E-state index in [9.17, 15) is 0 Å². The summed E-state index contributed by atoms with van der Waals surface area (Å²) in [6.45, 7) is 6.11. The van der Waals surface area contributed by atoms with Gasteiger partial charge in [0, 0.05) is 11.1 Å². The van der Waals surface area contributed by atoms with Crippen LogP contribution >= 0.6 is 0 Å². The molecular weight excluding hydrogens is 232 g/mol. The monoisotopic (exact) mass is 250 g/mol. The first-order chi connectivity index (χ1) is 9.03. The smallest absolute Gasteiger partial charge is 0.120 e. The van der Waals surface area contributed by atoms with Crippen LogP contribution in [-0.4, -0.2) is 5.60 Å². The largest absolute Gasteiger partial charge is 0.488 e. The Bertz CT molecular complexity index is 578. The van der Waals surface area contributed by atoms with Gasteiger partial charge in [0.25, 0.3) is 0 Å². The third kappa shape index (κ3) is 4.52. The fourth-order valence-corrected chi connectivity index (χ4v) is 1.63. The van der Waals surface area contributed by atoms with E-state index in [1.807, 2.05) is 75.4 Å². The molecule has 19 heavy (non-hydrogen) atoms. The van der Waals surface area contributed by atoms with Crippen LogP contribution in [-0.2, 0) is 0 Å². The van der Waals surface area contributed by atoms with Gasteiger partial charge in [0.05, 0.1) is 0 Å². The molecule has 0 bridgehead atoms. The zero-order valence-electron chi connectivity index (χ0n) is 11.6. The first-order valence-corrected chi connectivity index (χ1v) is 6.39. The lowest BCUT2D eigenvalue weighted by molar-refractivity contribution is 0.131. The predicted molar refractivity (Wildman–Crippen MR) is 79.2 cm³/mol. The van der Waals surface area contributed by atoms with E-state index in [1.54, 1.807) is 0 Å². The van der Waals surface area contributed by atoms with Crippen molar-refractivity contribution in [2.24, 2.45) is 0 Å². The highest BCUT2D eigenvalue weighted by Crippen LogP contribution is 2.18. The molecular formula is C18H18O. The van der Waals surface area contributed by atoms with Crippen molar-refractivity contribution in [3.63, 3.8) is 0 Å². The van der Waals surface area contributed by atoms with Crippen LogP contribution in [0.25, 0.3) is 0 Å². The van der Waals surface area contributed by atoms with E-state index in [0.29, 0.717) is 0 Å². The highest BCUT2D eigenvalue weighted by atomic mass is 16.5. The Balaban J connectivity index is 2.10. The molecule has 0 fully saturated rings. The van der Waals surface area contributed by atoms with Crippen LogP contribution in [0.1, 0.15) is 31.9 Å². The summed E-state index contributed by atoms with van der Waals surface area (Å²) in [5.74, 6) is 7.16. The highest BCUT2D eigenvalue weighted by Gasteiger charge is 2.10. The van der Waals surface area contributed by atoms with Crippen LogP contribution in [0.15, 0.2) is 54.6 Å². The molecule has 0 aromatic heterocycles. The summed E-state index contributed by atoms with van der Waals surface area (Å²) in [6.07, 6.45) is 0. The molecule has 0 aliphatic rings. The fraction of sp³-hybridized carbons (Fsp3) is 0.222. The van der Waals surface area contributed by atoms with Crippen molar-refractivity contribution in [2.75, 3.05) is 0 Å². The van der Waals surface area contributed by atoms with Gasteiger partial charge >= 0.3 is 0 Å². The Hall–Kier alpha value is -2.20. The van der Waals surface area contributed by atoms with E-state index in [4.69, 9.17) is 4.74 Å². The molecule has 0 radical (unpaired) electrons. The van der Waals surface area contributed by atoms with Gasteiger partial charge in [0.1, 0.15) is 11.4 Å². The van der Waals surface area contributed by atoms with Gasteiger partial charge in [-0.05, 0) is 57.2 Å². The molecule has 0 atom stereocenters. The van der Waals surface area contributed by atoms with E-state index in [1.165, 1.54) is 0 Å². The van der Waals surface area contributed by atoms with Gasteiger partial charge in [0.15, 0.2) is 0 Å². The molecule has 0 heterocycles. The molecule has 0 amide bonds. The summed E-state index contributed by atoms with van der Waals surface area (Å²) in [4.78, 5) is 0. The molecule has 2 rings (SSSR count). The van der Waals surface area contributed by atoms with E-state index in [0.717, 1.165) is 16.9 Å². The van der Waals surface area contributed by atoms with Crippen molar-refractivity contribution >= 4 is 0 Å². The summed E-state index contributed by atoms with van der Waals surface area (Å²) in [5.41, 5.74) is 1.85. The number of hydrogen-bond acceptors (Lipinski definition) is 1. The number of benzene rings is 2. The van der Waals surface area contributed by atoms with Crippen LogP contribution in [0.3, 0.4) is 0 Å². The molecule has 0 saturated carbocycles. The Morgan fingerprint density at radius 1 is 0.737 bits per heavy atom. The van der Waals surface area contributed by atoms with Crippen molar-refractivity contribution in [3.05, 3.63) is 65.7 Å². The van der Waals surface area contributed by atoms with Crippen LogP contribution < -0.4 is 4.74 Å². The Kier molecular flexibility index (Phi) is 3.92. The zero-order chi connectivity index (χ0) is 13.7. The van der Waals surface area contributed by atoms with Gasteiger partial charge in [-0.3, -0.25) is 0 Å². The lowest BCUT2D eigenvalue weighted by Gasteiger charge is -2.21. The van der Waals surface area contributed by atoms with Gasteiger partial charge in [-0.1, -0.05) is 30.0 Å². The highest BCUT2D eigenvalue weighted by molar-refractivity contribution is 5.44. The van der Waals surface area contributed by atoms with Crippen molar-refractivity contribution in [2.45, 2.75) is 26.4 Å². The molecule has 0 unspecified atom stereocenters. The Labute approximate surface area is 115 Å². The molecule has 0 spiro atoms. The van der Waals surface area contributed by atoms with Crippen molar-refractivity contribution < 1.29 is 4.74 Å². The predicted octanol–water partition coefficient (Wildman–Crippen LogP) is 4.26. The Morgan fingerprint density at radius 2 is 1.26 bits per heavy atom. The minimum Gasteiger partial charge on any atom is -0.488 e. The fourth-order valence-electron chi connectivity index (χ4n) is 1.63. The maximum atomic E-state index is 5.77. The quantitative estimate of drug-likeness (QED) is 0.687. The summed E-state index contributed by atoms with van der Waals surface area (Å²) in [5, 5.41) is 0.